The summed E-state index contributed by atoms with van der Waals surface area (Å²) in [5, 5.41) is 2.76. The Hall–Kier alpha value is -3.40. The quantitative estimate of drug-likeness (QED) is 0.541. The van der Waals surface area contributed by atoms with Gasteiger partial charge in [-0.15, -0.1) is 0 Å². The number of aryl methyl sites for hydroxylation is 3. The molecular formula is C28H32N2O2. The van der Waals surface area contributed by atoms with Gasteiger partial charge in [-0.2, -0.15) is 0 Å². The first-order valence-corrected chi connectivity index (χ1v) is 11.1. The fourth-order valence-corrected chi connectivity index (χ4v) is 3.76. The van der Waals surface area contributed by atoms with E-state index < -0.39 is 6.04 Å². The molecule has 4 nitrogen and oxygen atoms in total. The predicted octanol–water partition coefficient (Wildman–Crippen LogP) is 4.62. The molecule has 0 bridgehead atoms. The third-order valence-corrected chi connectivity index (χ3v) is 5.74. The number of benzene rings is 3. The van der Waals surface area contributed by atoms with E-state index in [1.54, 1.807) is 11.9 Å². The summed E-state index contributed by atoms with van der Waals surface area (Å²) in [5.41, 5.74) is 5.53. The maximum atomic E-state index is 13.5. The zero-order chi connectivity index (χ0) is 22.9. The molecular weight excluding hydrogens is 396 g/mol. The maximum Gasteiger partial charge on any atom is 0.242 e. The van der Waals surface area contributed by atoms with Gasteiger partial charge in [0.25, 0.3) is 0 Å². The predicted molar refractivity (Wildman–Crippen MR) is 129 cm³/mol. The van der Waals surface area contributed by atoms with Crippen LogP contribution in [0.15, 0.2) is 78.9 Å². The molecule has 32 heavy (non-hydrogen) atoms. The molecule has 0 saturated heterocycles. The highest BCUT2D eigenvalue weighted by Crippen LogP contribution is 2.17. The molecule has 1 N–H and O–H groups in total. The van der Waals surface area contributed by atoms with Crippen LogP contribution < -0.4 is 5.32 Å². The Morgan fingerprint density at radius 3 is 1.91 bits per heavy atom. The van der Waals surface area contributed by atoms with Gasteiger partial charge < -0.3 is 10.2 Å². The second kappa shape index (κ2) is 11.3. The number of amides is 2. The fourth-order valence-electron chi connectivity index (χ4n) is 3.76. The molecule has 0 aliphatic carbocycles. The van der Waals surface area contributed by atoms with E-state index >= 15 is 0 Å². The van der Waals surface area contributed by atoms with Crippen LogP contribution in [0.3, 0.4) is 0 Å². The van der Waals surface area contributed by atoms with Crippen LogP contribution in [0.2, 0.25) is 0 Å². The van der Waals surface area contributed by atoms with Gasteiger partial charge in [0.1, 0.15) is 6.04 Å². The van der Waals surface area contributed by atoms with Crippen molar-refractivity contribution in [1.82, 2.24) is 10.2 Å². The smallest absolute Gasteiger partial charge is 0.242 e. The summed E-state index contributed by atoms with van der Waals surface area (Å²) >= 11 is 0. The minimum Gasteiger partial charge on any atom is -0.357 e. The number of carbonyl (C=O) groups is 2. The number of hydrogen-bond acceptors (Lipinski definition) is 2. The van der Waals surface area contributed by atoms with Gasteiger partial charge in [-0.1, -0.05) is 90.0 Å². The molecule has 0 unspecified atom stereocenters. The van der Waals surface area contributed by atoms with Crippen LogP contribution in [0.25, 0.3) is 0 Å². The zero-order valence-corrected chi connectivity index (χ0v) is 19.2. The third-order valence-electron chi connectivity index (χ3n) is 5.74. The van der Waals surface area contributed by atoms with E-state index in [9.17, 15) is 9.59 Å². The Balaban J connectivity index is 1.85. The minimum atomic E-state index is -0.575. The van der Waals surface area contributed by atoms with Crippen molar-refractivity contribution in [3.05, 3.63) is 107 Å². The average Bonchev–Trinajstić information content (AvgIpc) is 2.82. The van der Waals surface area contributed by atoms with E-state index in [-0.39, 0.29) is 11.8 Å². The molecule has 0 radical (unpaired) electrons. The molecule has 4 heteroatoms. The van der Waals surface area contributed by atoms with E-state index in [1.165, 1.54) is 5.56 Å². The number of hydrogen-bond donors (Lipinski definition) is 1. The molecule has 0 spiro atoms. The number of nitrogens with one attached hydrogen (secondary N) is 1. The van der Waals surface area contributed by atoms with Crippen LogP contribution in [0, 0.1) is 13.8 Å². The van der Waals surface area contributed by atoms with Crippen LogP contribution >= 0.6 is 0 Å². The molecule has 1 atom stereocenters. The summed E-state index contributed by atoms with van der Waals surface area (Å²) in [5.74, 6) is -0.166. The lowest BCUT2D eigenvalue weighted by Gasteiger charge is -2.31. The Morgan fingerprint density at radius 2 is 1.34 bits per heavy atom. The van der Waals surface area contributed by atoms with Crippen LogP contribution in [-0.2, 0) is 29.0 Å². The van der Waals surface area contributed by atoms with Crippen molar-refractivity contribution in [2.75, 3.05) is 7.05 Å². The molecule has 0 saturated carbocycles. The van der Waals surface area contributed by atoms with Crippen molar-refractivity contribution < 1.29 is 9.59 Å². The molecule has 166 valence electrons. The van der Waals surface area contributed by atoms with Gasteiger partial charge in [-0.05, 0) is 37.0 Å². The summed E-state index contributed by atoms with van der Waals surface area (Å²) in [6, 6.07) is 25.7. The lowest BCUT2D eigenvalue weighted by atomic mass is 10.0. The van der Waals surface area contributed by atoms with Gasteiger partial charge >= 0.3 is 0 Å². The summed E-state index contributed by atoms with van der Waals surface area (Å²) in [6.45, 7) is 4.49. The molecule has 2 amide bonds. The number of nitrogens with zero attached hydrogens (tertiary/aromatic N) is 1. The van der Waals surface area contributed by atoms with E-state index in [1.807, 2.05) is 61.5 Å². The molecule has 3 rings (SSSR count). The average molecular weight is 429 g/mol. The Kier molecular flexibility index (Phi) is 8.20. The van der Waals surface area contributed by atoms with Gasteiger partial charge in [0.05, 0.1) is 0 Å². The van der Waals surface area contributed by atoms with Crippen molar-refractivity contribution in [3.8, 4) is 0 Å². The maximum absolute atomic E-state index is 13.5. The summed E-state index contributed by atoms with van der Waals surface area (Å²) in [4.78, 5) is 28.1. The standard InChI is InChI=1S/C28H32N2O2/c1-21-9-13-23(14-10-21)17-18-27(31)30(20-25-15-11-22(2)12-16-25)26(28(32)29-3)19-24-7-5-4-6-8-24/h4-16,26H,17-20H2,1-3H3,(H,29,32)/t26-/m1/s1. The lowest BCUT2D eigenvalue weighted by molar-refractivity contribution is -0.141. The first-order valence-electron chi connectivity index (χ1n) is 11.1. The highest BCUT2D eigenvalue weighted by molar-refractivity contribution is 5.88. The number of likely N-dealkylation sites (N-methyl/N-ethyl adjacent to an activating group) is 1. The first-order chi connectivity index (χ1) is 15.5. The molecule has 0 aliphatic rings. The molecule has 3 aromatic carbocycles. The normalized spacial score (nSPS) is 11.6. The molecule has 0 heterocycles. The van der Waals surface area contributed by atoms with Crippen molar-refractivity contribution in [2.24, 2.45) is 0 Å². The van der Waals surface area contributed by atoms with Crippen LogP contribution in [-0.4, -0.2) is 29.8 Å². The molecule has 3 aromatic rings. The highest BCUT2D eigenvalue weighted by Gasteiger charge is 2.29. The fraction of sp³-hybridized carbons (Fsp3) is 0.286. The second-order valence-corrected chi connectivity index (χ2v) is 8.31. The van der Waals surface area contributed by atoms with Crippen molar-refractivity contribution >= 4 is 11.8 Å². The van der Waals surface area contributed by atoms with Gasteiger partial charge in [-0.3, -0.25) is 9.59 Å². The van der Waals surface area contributed by atoms with Crippen LogP contribution in [0.1, 0.15) is 34.2 Å². The van der Waals surface area contributed by atoms with Gasteiger partial charge in [-0.25, -0.2) is 0 Å². The largest absolute Gasteiger partial charge is 0.357 e. The highest BCUT2D eigenvalue weighted by atomic mass is 16.2. The molecule has 0 aromatic heterocycles. The van der Waals surface area contributed by atoms with Crippen molar-refractivity contribution in [1.29, 1.82) is 0 Å². The lowest BCUT2D eigenvalue weighted by Crippen LogP contribution is -2.49. The zero-order valence-electron chi connectivity index (χ0n) is 19.2. The summed E-state index contributed by atoms with van der Waals surface area (Å²) in [6.07, 6.45) is 1.48. The Bertz CT molecular complexity index is 1010. The first kappa shape index (κ1) is 23.3. The van der Waals surface area contributed by atoms with Crippen molar-refractivity contribution in [3.63, 3.8) is 0 Å². The summed E-state index contributed by atoms with van der Waals surface area (Å²) in [7, 11) is 1.63. The van der Waals surface area contributed by atoms with Gasteiger partial charge in [0.15, 0.2) is 0 Å². The second-order valence-electron chi connectivity index (χ2n) is 8.31. The Labute approximate surface area is 191 Å². The summed E-state index contributed by atoms with van der Waals surface area (Å²) < 4.78 is 0. The third kappa shape index (κ3) is 6.55. The van der Waals surface area contributed by atoms with Crippen LogP contribution in [0.4, 0.5) is 0 Å². The minimum absolute atomic E-state index is 0.0179. The van der Waals surface area contributed by atoms with Crippen molar-refractivity contribution in [2.45, 2.75) is 45.7 Å². The van der Waals surface area contributed by atoms with E-state index in [2.05, 4.69) is 36.5 Å². The van der Waals surface area contributed by atoms with Gasteiger partial charge in [0.2, 0.25) is 11.8 Å². The number of carbonyl (C=O) groups excluding carboxylic acids is 2. The van der Waals surface area contributed by atoms with Gasteiger partial charge in [0, 0.05) is 26.4 Å². The number of rotatable bonds is 9. The van der Waals surface area contributed by atoms with Crippen LogP contribution in [0.5, 0.6) is 0 Å². The SMILES string of the molecule is CNC(=O)[C@@H](Cc1ccccc1)N(Cc1ccc(C)cc1)C(=O)CCc1ccc(C)cc1. The van der Waals surface area contributed by atoms with E-state index in [4.69, 9.17) is 0 Å². The van der Waals surface area contributed by atoms with E-state index in [0.29, 0.717) is 25.8 Å². The molecule has 0 fully saturated rings. The topological polar surface area (TPSA) is 49.4 Å². The van der Waals surface area contributed by atoms with E-state index in [0.717, 1.165) is 22.3 Å². The monoisotopic (exact) mass is 428 g/mol. The molecule has 0 aliphatic heterocycles. The Morgan fingerprint density at radius 1 is 0.781 bits per heavy atom.